The van der Waals surface area contributed by atoms with Crippen LogP contribution < -0.4 is 0 Å². The zero-order chi connectivity index (χ0) is 16.4. The molecule has 6 heteroatoms. The third kappa shape index (κ3) is 3.48. The van der Waals surface area contributed by atoms with Gasteiger partial charge in [-0.05, 0) is 38.9 Å². The zero-order valence-corrected chi connectivity index (χ0v) is 14.5. The van der Waals surface area contributed by atoms with E-state index in [0.29, 0.717) is 13.0 Å². The number of hydrogen-bond donors (Lipinski definition) is 0. The first-order chi connectivity index (χ1) is 11.0. The Labute approximate surface area is 137 Å². The number of aromatic nitrogens is 2. The van der Waals surface area contributed by atoms with Crippen LogP contribution in [0.4, 0.5) is 0 Å². The summed E-state index contributed by atoms with van der Waals surface area (Å²) in [7, 11) is -2.94. The zero-order valence-electron chi connectivity index (χ0n) is 13.6. The van der Waals surface area contributed by atoms with Gasteiger partial charge in [0.15, 0.2) is 9.84 Å². The van der Waals surface area contributed by atoms with Crippen molar-refractivity contribution in [1.29, 1.82) is 0 Å². The second-order valence-corrected chi connectivity index (χ2v) is 8.75. The highest BCUT2D eigenvalue weighted by atomic mass is 32.2. The molecule has 1 atom stereocenters. The van der Waals surface area contributed by atoms with Gasteiger partial charge in [0.05, 0.1) is 22.9 Å². The summed E-state index contributed by atoms with van der Waals surface area (Å²) in [6.07, 6.45) is 2.59. The van der Waals surface area contributed by atoms with E-state index < -0.39 is 9.84 Å². The molecule has 0 unspecified atom stereocenters. The highest BCUT2D eigenvalue weighted by Crippen LogP contribution is 2.19. The molecule has 1 saturated heterocycles. The van der Waals surface area contributed by atoms with Gasteiger partial charge < -0.3 is 0 Å². The van der Waals surface area contributed by atoms with Crippen LogP contribution in [0.2, 0.25) is 0 Å². The lowest BCUT2D eigenvalue weighted by Crippen LogP contribution is -2.27. The third-order valence-electron chi connectivity index (χ3n) is 4.57. The molecule has 0 aliphatic carbocycles. The van der Waals surface area contributed by atoms with Gasteiger partial charge in [0.2, 0.25) is 0 Å². The fourth-order valence-electron chi connectivity index (χ4n) is 3.03. The molecule has 1 aromatic heterocycles. The van der Waals surface area contributed by atoms with Gasteiger partial charge in [-0.25, -0.2) is 13.4 Å². The molecule has 1 aliphatic heterocycles. The molecular weight excluding hydrogens is 310 g/mol. The normalized spacial score (nSPS) is 21.9. The molecular formula is C17H23N3O2S. The Morgan fingerprint density at radius 1 is 1.22 bits per heavy atom. The van der Waals surface area contributed by atoms with E-state index in [1.54, 1.807) is 0 Å². The molecule has 1 aliphatic rings. The number of para-hydroxylation sites is 1. The monoisotopic (exact) mass is 333 g/mol. The summed E-state index contributed by atoms with van der Waals surface area (Å²) in [5.41, 5.74) is 2.19. The van der Waals surface area contributed by atoms with Crippen LogP contribution in [0.25, 0.3) is 5.69 Å². The summed E-state index contributed by atoms with van der Waals surface area (Å²) in [5, 5.41) is -0.242. The SMILES string of the molecule is Cc1ncc(CN2CC[C@@H](C)S(=O)(=O)CC2)n1-c1ccccc1. The van der Waals surface area contributed by atoms with Crippen molar-refractivity contribution in [3.05, 3.63) is 48.0 Å². The fourth-order valence-corrected chi connectivity index (χ4v) is 4.41. The highest BCUT2D eigenvalue weighted by Gasteiger charge is 2.26. The number of sulfone groups is 1. The average molecular weight is 333 g/mol. The van der Waals surface area contributed by atoms with Crippen LogP contribution in [0.5, 0.6) is 0 Å². The van der Waals surface area contributed by atoms with E-state index in [2.05, 4.69) is 26.6 Å². The first-order valence-electron chi connectivity index (χ1n) is 8.00. The maximum Gasteiger partial charge on any atom is 0.154 e. The lowest BCUT2D eigenvalue weighted by atomic mass is 10.2. The van der Waals surface area contributed by atoms with Crippen molar-refractivity contribution in [3.8, 4) is 5.69 Å². The number of benzene rings is 1. The average Bonchev–Trinajstić information content (AvgIpc) is 2.84. The Hall–Kier alpha value is -1.66. The van der Waals surface area contributed by atoms with Gasteiger partial charge in [-0.1, -0.05) is 18.2 Å². The summed E-state index contributed by atoms with van der Waals surface area (Å²) < 4.78 is 26.2. The number of aryl methyl sites for hydroxylation is 1. The summed E-state index contributed by atoms with van der Waals surface area (Å²) >= 11 is 0. The van der Waals surface area contributed by atoms with E-state index in [1.165, 1.54) is 0 Å². The molecule has 1 aromatic carbocycles. The lowest BCUT2D eigenvalue weighted by molar-refractivity contribution is 0.278. The predicted molar refractivity (Wildman–Crippen MR) is 91.4 cm³/mol. The van der Waals surface area contributed by atoms with Crippen LogP contribution >= 0.6 is 0 Å². The maximum atomic E-state index is 12.0. The van der Waals surface area contributed by atoms with E-state index in [9.17, 15) is 8.42 Å². The second kappa shape index (κ2) is 6.45. The topological polar surface area (TPSA) is 55.2 Å². The third-order valence-corrected chi connectivity index (χ3v) is 6.78. The molecule has 124 valence electrons. The van der Waals surface area contributed by atoms with E-state index >= 15 is 0 Å². The molecule has 0 saturated carbocycles. The van der Waals surface area contributed by atoms with Crippen molar-refractivity contribution in [2.45, 2.75) is 32.1 Å². The molecule has 0 radical (unpaired) electrons. The van der Waals surface area contributed by atoms with E-state index in [4.69, 9.17) is 0 Å². The minimum absolute atomic E-state index is 0.242. The van der Waals surface area contributed by atoms with Gasteiger partial charge in [0.25, 0.3) is 0 Å². The quantitative estimate of drug-likeness (QED) is 0.864. The lowest BCUT2D eigenvalue weighted by Gasteiger charge is -2.20. The number of rotatable bonds is 3. The van der Waals surface area contributed by atoms with Crippen LogP contribution in [-0.4, -0.2) is 47.0 Å². The molecule has 0 spiro atoms. The van der Waals surface area contributed by atoms with Gasteiger partial charge in [-0.2, -0.15) is 0 Å². The minimum Gasteiger partial charge on any atom is -0.300 e. The molecule has 0 bridgehead atoms. The molecule has 1 fully saturated rings. The summed E-state index contributed by atoms with van der Waals surface area (Å²) in [6, 6.07) is 10.1. The van der Waals surface area contributed by atoms with Crippen molar-refractivity contribution >= 4 is 9.84 Å². The Bertz CT molecular complexity index is 768. The van der Waals surface area contributed by atoms with Crippen LogP contribution in [-0.2, 0) is 16.4 Å². The summed E-state index contributed by atoms with van der Waals surface area (Å²) in [5.74, 6) is 1.19. The molecule has 5 nitrogen and oxygen atoms in total. The van der Waals surface area contributed by atoms with Gasteiger partial charge in [0.1, 0.15) is 5.82 Å². The number of imidazole rings is 1. The largest absolute Gasteiger partial charge is 0.300 e. The molecule has 2 aromatic rings. The maximum absolute atomic E-state index is 12.0. The number of nitrogens with zero attached hydrogens (tertiary/aromatic N) is 3. The standard InChI is InChI=1S/C17H23N3O2S/c1-14-8-9-19(10-11-23(14,21)22)13-17-12-18-15(2)20(17)16-6-4-3-5-7-16/h3-7,12,14H,8-11,13H2,1-2H3/t14-/m1/s1. The van der Waals surface area contributed by atoms with Crippen LogP contribution in [0.1, 0.15) is 24.9 Å². The fraction of sp³-hybridized carbons (Fsp3) is 0.471. The van der Waals surface area contributed by atoms with Crippen molar-refractivity contribution in [2.75, 3.05) is 18.8 Å². The molecule has 0 amide bonds. The van der Waals surface area contributed by atoms with E-state index in [-0.39, 0.29) is 11.0 Å². The summed E-state index contributed by atoms with van der Waals surface area (Å²) in [4.78, 5) is 6.66. The smallest absolute Gasteiger partial charge is 0.154 e. The van der Waals surface area contributed by atoms with Gasteiger partial charge in [0, 0.05) is 18.8 Å². The molecule has 2 heterocycles. The Balaban J connectivity index is 1.82. The Morgan fingerprint density at radius 2 is 1.96 bits per heavy atom. The molecule has 23 heavy (non-hydrogen) atoms. The minimum atomic E-state index is -2.94. The van der Waals surface area contributed by atoms with Crippen molar-refractivity contribution < 1.29 is 8.42 Å². The number of hydrogen-bond acceptors (Lipinski definition) is 4. The van der Waals surface area contributed by atoms with Crippen molar-refractivity contribution in [3.63, 3.8) is 0 Å². The van der Waals surface area contributed by atoms with Crippen molar-refractivity contribution in [2.24, 2.45) is 0 Å². The van der Waals surface area contributed by atoms with Crippen LogP contribution in [0.3, 0.4) is 0 Å². The highest BCUT2D eigenvalue weighted by molar-refractivity contribution is 7.92. The Morgan fingerprint density at radius 3 is 2.70 bits per heavy atom. The molecule has 3 rings (SSSR count). The van der Waals surface area contributed by atoms with Gasteiger partial charge in [-0.3, -0.25) is 9.47 Å². The van der Waals surface area contributed by atoms with Crippen LogP contribution in [0.15, 0.2) is 36.5 Å². The van der Waals surface area contributed by atoms with E-state index in [0.717, 1.165) is 30.3 Å². The van der Waals surface area contributed by atoms with Crippen molar-refractivity contribution in [1.82, 2.24) is 14.5 Å². The Kier molecular flexibility index (Phi) is 4.55. The van der Waals surface area contributed by atoms with Gasteiger partial charge >= 0.3 is 0 Å². The first-order valence-corrected chi connectivity index (χ1v) is 9.71. The second-order valence-electron chi connectivity index (χ2n) is 6.21. The van der Waals surface area contributed by atoms with Gasteiger partial charge in [-0.15, -0.1) is 0 Å². The summed E-state index contributed by atoms with van der Waals surface area (Å²) in [6.45, 7) is 5.92. The molecule has 0 N–H and O–H groups in total. The first kappa shape index (κ1) is 16.2. The predicted octanol–water partition coefficient (Wildman–Crippen LogP) is 2.19. The van der Waals surface area contributed by atoms with E-state index in [1.807, 2.05) is 38.2 Å². The van der Waals surface area contributed by atoms with Crippen LogP contribution in [0, 0.1) is 6.92 Å².